The van der Waals surface area contributed by atoms with Gasteiger partial charge in [0.2, 0.25) is 5.91 Å². The SMILES string of the molecule is Cc1ccccc1CCCC(=O)NOCCOc1ccccc1. The zero-order valence-corrected chi connectivity index (χ0v) is 13.5. The number of hydroxylamine groups is 1. The van der Waals surface area contributed by atoms with Gasteiger partial charge in [0.15, 0.2) is 0 Å². The summed E-state index contributed by atoms with van der Waals surface area (Å²) < 4.78 is 5.46. The molecule has 4 nitrogen and oxygen atoms in total. The Bertz CT molecular complexity index is 599. The highest BCUT2D eigenvalue weighted by molar-refractivity contribution is 5.74. The van der Waals surface area contributed by atoms with Gasteiger partial charge in [-0.15, -0.1) is 0 Å². The van der Waals surface area contributed by atoms with Gasteiger partial charge >= 0.3 is 0 Å². The van der Waals surface area contributed by atoms with Crippen LogP contribution in [0, 0.1) is 6.92 Å². The van der Waals surface area contributed by atoms with E-state index in [4.69, 9.17) is 9.57 Å². The van der Waals surface area contributed by atoms with Crippen molar-refractivity contribution >= 4 is 5.91 Å². The van der Waals surface area contributed by atoms with Gasteiger partial charge in [-0.3, -0.25) is 9.63 Å². The van der Waals surface area contributed by atoms with E-state index in [0.717, 1.165) is 18.6 Å². The Kier molecular flexibility index (Phi) is 7.14. The molecule has 0 aliphatic rings. The van der Waals surface area contributed by atoms with Gasteiger partial charge in [0.1, 0.15) is 19.0 Å². The van der Waals surface area contributed by atoms with Gasteiger partial charge in [-0.25, -0.2) is 5.48 Å². The molecule has 0 saturated carbocycles. The molecule has 0 unspecified atom stereocenters. The summed E-state index contributed by atoms with van der Waals surface area (Å²) in [6.07, 6.45) is 2.16. The molecule has 0 bridgehead atoms. The smallest absolute Gasteiger partial charge is 0.243 e. The quantitative estimate of drug-likeness (QED) is 0.570. The second kappa shape index (κ2) is 9.64. The predicted octanol–water partition coefficient (Wildman–Crippen LogP) is 3.44. The van der Waals surface area contributed by atoms with Crippen LogP contribution in [0.3, 0.4) is 0 Å². The maximum atomic E-state index is 11.7. The zero-order chi connectivity index (χ0) is 16.3. The van der Waals surface area contributed by atoms with Crippen molar-refractivity contribution in [3.05, 3.63) is 65.7 Å². The molecule has 23 heavy (non-hydrogen) atoms. The lowest BCUT2D eigenvalue weighted by Gasteiger charge is -2.08. The van der Waals surface area contributed by atoms with Gasteiger partial charge in [0.25, 0.3) is 0 Å². The first-order valence-corrected chi connectivity index (χ1v) is 7.88. The molecule has 0 radical (unpaired) electrons. The van der Waals surface area contributed by atoms with Crippen molar-refractivity contribution in [3.63, 3.8) is 0 Å². The zero-order valence-electron chi connectivity index (χ0n) is 13.5. The van der Waals surface area contributed by atoms with Gasteiger partial charge < -0.3 is 4.74 Å². The van der Waals surface area contributed by atoms with Crippen LogP contribution in [0.2, 0.25) is 0 Å². The highest BCUT2D eigenvalue weighted by Crippen LogP contribution is 2.10. The highest BCUT2D eigenvalue weighted by Gasteiger charge is 2.03. The van der Waals surface area contributed by atoms with E-state index in [-0.39, 0.29) is 5.91 Å². The van der Waals surface area contributed by atoms with Crippen LogP contribution in [-0.4, -0.2) is 19.1 Å². The third kappa shape index (κ3) is 6.53. The van der Waals surface area contributed by atoms with Crippen LogP contribution in [-0.2, 0) is 16.1 Å². The minimum atomic E-state index is -0.0988. The Morgan fingerprint density at radius 3 is 2.52 bits per heavy atom. The first kappa shape index (κ1) is 17.0. The molecule has 2 aromatic rings. The van der Waals surface area contributed by atoms with Gasteiger partial charge in [-0.1, -0.05) is 42.5 Å². The summed E-state index contributed by atoms with van der Waals surface area (Å²) in [5.41, 5.74) is 5.01. The molecule has 0 aliphatic carbocycles. The number of rotatable bonds is 9. The first-order valence-electron chi connectivity index (χ1n) is 7.88. The highest BCUT2D eigenvalue weighted by atomic mass is 16.7. The average Bonchev–Trinajstić information content (AvgIpc) is 2.57. The summed E-state index contributed by atoms with van der Waals surface area (Å²) >= 11 is 0. The second-order valence-electron chi connectivity index (χ2n) is 5.32. The molecule has 0 spiro atoms. The molecule has 122 valence electrons. The molecule has 0 heterocycles. The number of ether oxygens (including phenoxy) is 1. The topological polar surface area (TPSA) is 47.6 Å². The molecule has 0 atom stereocenters. The maximum Gasteiger partial charge on any atom is 0.243 e. The molecule has 1 N–H and O–H groups in total. The standard InChI is InChI=1S/C19H23NO3/c1-16-8-5-6-9-17(16)10-7-13-19(21)20-23-15-14-22-18-11-3-2-4-12-18/h2-6,8-9,11-12H,7,10,13-15H2,1H3,(H,20,21). The largest absolute Gasteiger partial charge is 0.491 e. The normalized spacial score (nSPS) is 10.3. The van der Waals surface area contributed by atoms with E-state index in [0.29, 0.717) is 19.6 Å². The Morgan fingerprint density at radius 1 is 1.00 bits per heavy atom. The Morgan fingerprint density at radius 2 is 1.74 bits per heavy atom. The van der Waals surface area contributed by atoms with Crippen LogP contribution in [0.15, 0.2) is 54.6 Å². The Hall–Kier alpha value is -2.33. The predicted molar refractivity (Wildman–Crippen MR) is 90.1 cm³/mol. The van der Waals surface area contributed by atoms with Crippen LogP contribution >= 0.6 is 0 Å². The summed E-state index contributed by atoms with van der Waals surface area (Å²) in [6, 6.07) is 17.7. The lowest BCUT2D eigenvalue weighted by atomic mass is 10.0. The average molecular weight is 313 g/mol. The minimum absolute atomic E-state index is 0.0988. The van der Waals surface area contributed by atoms with Crippen LogP contribution in [0.5, 0.6) is 5.75 Å². The van der Waals surface area contributed by atoms with Crippen LogP contribution < -0.4 is 10.2 Å². The van der Waals surface area contributed by atoms with Crippen molar-refractivity contribution in [3.8, 4) is 5.75 Å². The summed E-state index contributed by atoms with van der Waals surface area (Å²) in [4.78, 5) is 16.8. The van der Waals surface area contributed by atoms with Gasteiger partial charge in [-0.05, 0) is 43.0 Å². The second-order valence-corrected chi connectivity index (χ2v) is 5.32. The van der Waals surface area contributed by atoms with Crippen molar-refractivity contribution < 1.29 is 14.4 Å². The van der Waals surface area contributed by atoms with Crippen molar-refractivity contribution in [1.29, 1.82) is 0 Å². The Balaban J connectivity index is 1.53. The fourth-order valence-electron chi connectivity index (χ4n) is 2.23. The summed E-state index contributed by atoms with van der Waals surface area (Å²) in [5, 5.41) is 0. The third-order valence-electron chi connectivity index (χ3n) is 3.49. The van der Waals surface area contributed by atoms with E-state index in [2.05, 4.69) is 24.5 Å². The van der Waals surface area contributed by atoms with Gasteiger partial charge in [0.05, 0.1) is 0 Å². The third-order valence-corrected chi connectivity index (χ3v) is 3.49. The fourth-order valence-corrected chi connectivity index (χ4v) is 2.23. The van der Waals surface area contributed by atoms with Crippen molar-refractivity contribution in [2.45, 2.75) is 26.2 Å². The number of carbonyl (C=O) groups excluding carboxylic acids is 1. The maximum absolute atomic E-state index is 11.7. The number of hydrogen-bond donors (Lipinski definition) is 1. The van der Waals surface area contributed by atoms with Crippen LogP contribution in [0.1, 0.15) is 24.0 Å². The van der Waals surface area contributed by atoms with E-state index < -0.39 is 0 Å². The van der Waals surface area contributed by atoms with E-state index in [1.54, 1.807) is 0 Å². The summed E-state index contributed by atoms with van der Waals surface area (Å²) in [7, 11) is 0. The van der Waals surface area contributed by atoms with Crippen LogP contribution in [0.25, 0.3) is 0 Å². The molecule has 1 amide bonds. The molecule has 2 aromatic carbocycles. The number of nitrogens with one attached hydrogen (secondary N) is 1. The number of aryl methyl sites for hydroxylation is 2. The number of para-hydroxylation sites is 1. The van der Waals surface area contributed by atoms with Crippen molar-refractivity contribution in [1.82, 2.24) is 5.48 Å². The van der Waals surface area contributed by atoms with E-state index in [1.807, 2.05) is 42.5 Å². The molecule has 0 aromatic heterocycles. The lowest BCUT2D eigenvalue weighted by molar-refractivity contribution is -0.134. The number of amides is 1. The molecular weight excluding hydrogens is 290 g/mol. The van der Waals surface area contributed by atoms with Crippen molar-refractivity contribution in [2.24, 2.45) is 0 Å². The number of hydrogen-bond acceptors (Lipinski definition) is 3. The molecule has 2 rings (SSSR count). The van der Waals surface area contributed by atoms with E-state index in [1.165, 1.54) is 11.1 Å². The summed E-state index contributed by atoms with van der Waals surface area (Å²) in [5.74, 6) is 0.693. The first-order chi connectivity index (χ1) is 11.3. The lowest BCUT2D eigenvalue weighted by Crippen LogP contribution is -2.25. The molecule has 0 fully saturated rings. The van der Waals surface area contributed by atoms with Crippen molar-refractivity contribution in [2.75, 3.05) is 13.2 Å². The van der Waals surface area contributed by atoms with E-state index in [9.17, 15) is 4.79 Å². The Labute approximate surface area is 137 Å². The van der Waals surface area contributed by atoms with Gasteiger partial charge in [-0.2, -0.15) is 0 Å². The van der Waals surface area contributed by atoms with Gasteiger partial charge in [0, 0.05) is 6.42 Å². The molecule has 4 heteroatoms. The number of carbonyl (C=O) groups is 1. The monoisotopic (exact) mass is 313 g/mol. The molecule has 0 saturated heterocycles. The van der Waals surface area contributed by atoms with E-state index >= 15 is 0 Å². The molecular formula is C19H23NO3. The molecule has 0 aliphatic heterocycles. The van der Waals surface area contributed by atoms with Crippen LogP contribution in [0.4, 0.5) is 0 Å². The minimum Gasteiger partial charge on any atom is -0.491 e. The number of benzene rings is 2. The summed E-state index contributed by atoms with van der Waals surface area (Å²) in [6.45, 7) is 2.80. The fraction of sp³-hybridized carbons (Fsp3) is 0.316.